The van der Waals surface area contributed by atoms with Crippen molar-refractivity contribution in [3.05, 3.63) is 17.7 Å². The van der Waals surface area contributed by atoms with Gasteiger partial charge in [0, 0.05) is 26.0 Å². The average Bonchev–Trinajstić information content (AvgIpc) is 2.52. The third-order valence-corrected chi connectivity index (χ3v) is 2.15. The number of imidazole rings is 1. The Bertz CT molecular complexity index is 313. The van der Waals surface area contributed by atoms with Crippen molar-refractivity contribution in [2.24, 2.45) is 0 Å². The van der Waals surface area contributed by atoms with E-state index >= 15 is 0 Å². The SMILES string of the molecule is CN(CCO)C(=O)Cn1ccnc1Cl. The van der Waals surface area contributed by atoms with Crippen molar-refractivity contribution in [2.75, 3.05) is 20.2 Å². The summed E-state index contributed by atoms with van der Waals surface area (Å²) in [6.45, 7) is 0.431. The predicted octanol–water partition coefficient (Wildman–Crippen LogP) is -0.0128. The van der Waals surface area contributed by atoms with Crippen molar-refractivity contribution in [2.45, 2.75) is 6.54 Å². The van der Waals surface area contributed by atoms with E-state index in [1.165, 1.54) is 15.7 Å². The van der Waals surface area contributed by atoms with E-state index in [0.717, 1.165) is 0 Å². The molecular weight excluding hydrogens is 206 g/mol. The normalized spacial score (nSPS) is 10.2. The summed E-state index contributed by atoms with van der Waals surface area (Å²) in [5.74, 6) is -0.112. The van der Waals surface area contributed by atoms with E-state index in [0.29, 0.717) is 6.54 Å². The van der Waals surface area contributed by atoms with Gasteiger partial charge in [-0.3, -0.25) is 4.79 Å². The van der Waals surface area contributed by atoms with Gasteiger partial charge in [0.25, 0.3) is 0 Å². The second-order valence-corrected chi connectivity index (χ2v) is 3.20. The Hall–Kier alpha value is -1.07. The van der Waals surface area contributed by atoms with E-state index in [1.807, 2.05) is 0 Å². The van der Waals surface area contributed by atoms with Gasteiger partial charge < -0.3 is 14.6 Å². The minimum absolute atomic E-state index is 0.0418. The quantitative estimate of drug-likeness (QED) is 0.772. The maximum atomic E-state index is 11.5. The molecule has 1 rings (SSSR count). The number of rotatable bonds is 4. The topological polar surface area (TPSA) is 58.4 Å². The Morgan fingerprint density at radius 1 is 1.79 bits per heavy atom. The molecule has 0 radical (unpaired) electrons. The first-order valence-corrected chi connectivity index (χ1v) is 4.54. The van der Waals surface area contributed by atoms with Gasteiger partial charge in [0.1, 0.15) is 6.54 Å². The first-order chi connectivity index (χ1) is 6.65. The largest absolute Gasteiger partial charge is 0.395 e. The van der Waals surface area contributed by atoms with Crippen LogP contribution in [0.4, 0.5) is 0 Å². The number of hydrogen-bond donors (Lipinski definition) is 1. The van der Waals surface area contributed by atoms with Crippen molar-refractivity contribution in [1.29, 1.82) is 0 Å². The van der Waals surface area contributed by atoms with Crippen molar-refractivity contribution < 1.29 is 9.90 Å². The van der Waals surface area contributed by atoms with Gasteiger partial charge in [-0.2, -0.15) is 0 Å². The monoisotopic (exact) mass is 217 g/mol. The highest BCUT2D eigenvalue weighted by atomic mass is 35.5. The van der Waals surface area contributed by atoms with Crippen LogP contribution in [0.15, 0.2) is 12.4 Å². The highest BCUT2D eigenvalue weighted by Gasteiger charge is 2.10. The van der Waals surface area contributed by atoms with Crippen LogP contribution in [-0.2, 0) is 11.3 Å². The molecule has 5 nitrogen and oxygen atoms in total. The molecule has 0 bridgehead atoms. The zero-order valence-electron chi connectivity index (χ0n) is 7.85. The minimum atomic E-state index is -0.112. The van der Waals surface area contributed by atoms with Crippen LogP contribution in [0.5, 0.6) is 0 Å². The maximum absolute atomic E-state index is 11.5. The summed E-state index contributed by atoms with van der Waals surface area (Å²) in [5.41, 5.74) is 0. The molecule has 0 aliphatic rings. The van der Waals surface area contributed by atoms with Crippen molar-refractivity contribution in [3.63, 3.8) is 0 Å². The van der Waals surface area contributed by atoms with Gasteiger partial charge in [0.05, 0.1) is 6.61 Å². The summed E-state index contributed by atoms with van der Waals surface area (Å²) in [5, 5.41) is 8.91. The molecule has 1 amide bonds. The number of carbonyl (C=O) groups is 1. The van der Waals surface area contributed by atoms with E-state index in [2.05, 4.69) is 4.98 Å². The molecular formula is C8H12ClN3O2. The van der Waals surface area contributed by atoms with Crippen LogP contribution in [0, 0.1) is 0 Å². The second kappa shape index (κ2) is 4.97. The van der Waals surface area contributed by atoms with E-state index in [-0.39, 0.29) is 24.3 Å². The molecule has 1 aromatic rings. The predicted molar refractivity (Wildman–Crippen MR) is 52.0 cm³/mol. The standard InChI is InChI=1S/C8H12ClN3O2/c1-11(4-5-13)7(14)6-12-3-2-10-8(12)9/h2-3,13H,4-6H2,1H3. The van der Waals surface area contributed by atoms with Gasteiger partial charge >= 0.3 is 0 Å². The van der Waals surface area contributed by atoms with Crippen LogP contribution in [0.25, 0.3) is 0 Å². The Morgan fingerprint density at radius 2 is 2.50 bits per heavy atom. The highest BCUT2D eigenvalue weighted by molar-refractivity contribution is 6.28. The van der Waals surface area contributed by atoms with E-state index in [4.69, 9.17) is 16.7 Å². The summed E-state index contributed by atoms with van der Waals surface area (Å²) in [6.07, 6.45) is 3.16. The first-order valence-electron chi connectivity index (χ1n) is 4.16. The molecule has 1 aromatic heterocycles. The summed E-state index contributed by atoms with van der Waals surface area (Å²) in [4.78, 5) is 16.7. The van der Waals surface area contributed by atoms with Crippen LogP contribution in [0.2, 0.25) is 5.28 Å². The highest BCUT2D eigenvalue weighted by Crippen LogP contribution is 2.04. The fraction of sp³-hybridized carbons (Fsp3) is 0.500. The Balaban J connectivity index is 2.53. The molecule has 0 aliphatic heterocycles. The van der Waals surface area contributed by atoms with E-state index in [9.17, 15) is 4.79 Å². The van der Waals surface area contributed by atoms with Gasteiger partial charge in [-0.15, -0.1) is 0 Å². The fourth-order valence-electron chi connectivity index (χ4n) is 0.970. The van der Waals surface area contributed by atoms with Crippen LogP contribution in [-0.4, -0.2) is 45.7 Å². The molecule has 0 aliphatic carbocycles. The lowest BCUT2D eigenvalue weighted by Crippen LogP contribution is -2.32. The molecule has 1 heterocycles. The number of likely N-dealkylation sites (N-methyl/N-ethyl adjacent to an activating group) is 1. The Labute approximate surface area is 86.9 Å². The number of halogens is 1. The molecule has 0 saturated heterocycles. The van der Waals surface area contributed by atoms with Gasteiger partial charge in [-0.25, -0.2) is 4.98 Å². The number of aliphatic hydroxyl groups is 1. The smallest absolute Gasteiger partial charge is 0.242 e. The van der Waals surface area contributed by atoms with Crippen LogP contribution in [0.3, 0.4) is 0 Å². The molecule has 0 aromatic carbocycles. The summed E-state index contributed by atoms with van der Waals surface area (Å²) in [7, 11) is 1.63. The number of hydrogen-bond acceptors (Lipinski definition) is 3. The molecule has 0 fully saturated rings. The number of carbonyl (C=O) groups excluding carboxylic acids is 1. The molecule has 0 spiro atoms. The van der Waals surface area contributed by atoms with Gasteiger partial charge in [0.15, 0.2) is 0 Å². The molecule has 0 unspecified atom stereocenters. The van der Waals surface area contributed by atoms with Crippen molar-refractivity contribution >= 4 is 17.5 Å². The summed E-state index contributed by atoms with van der Waals surface area (Å²) in [6, 6.07) is 0. The lowest BCUT2D eigenvalue weighted by molar-refractivity contribution is -0.130. The molecule has 14 heavy (non-hydrogen) atoms. The number of aliphatic hydroxyl groups excluding tert-OH is 1. The molecule has 6 heteroatoms. The van der Waals surface area contributed by atoms with Crippen LogP contribution < -0.4 is 0 Å². The lowest BCUT2D eigenvalue weighted by atomic mass is 10.5. The minimum Gasteiger partial charge on any atom is -0.395 e. The van der Waals surface area contributed by atoms with Crippen LogP contribution in [0.1, 0.15) is 0 Å². The number of nitrogens with zero attached hydrogens (tertiary/aromatic N) is 3. The summed E-state index contributed by atoms with van der Waals surface area (Å²) >= 11 is 5.70. The number of amides is 1. The van der Waals surface area contributed by atoms with Crippen molar-refractivity contribution in [1.82, 2.24) is 14.5 Å². The average molecular weight is 218 g/mol. The lowest BCUT2D eigenvalue weighted by Gasteiger charge is -2.15. The molecule has 78 valence electrons. The van der Waals surface area contributed by atoms with Gasteiger partial charge in [-0.1, -0.05) is 0 Å². The summed E-state index contributed by atoms with van der Waals surface area (Å²) < 4.78 is 1.54. The Morgan fingerprint density at radius 3 is 3.00 bits per heavy atom. The second-order valence-electron chi connectivity index (χ2n) is 2.86. The Kier molecular flexibility index (Phi) is 3.91. The molecule has 0 saturated carbocycles. The third-order valence-electron chi connectivity index (χ3n) is 1.83. The zero-order chi connectivity index (χ0) is 10.6. The van der Waals surface area contributed by atoms with E-state index < -0.39 is 0 Å². The van der Waals surface area contributed by atoms with E-state index in [1.54, 1.807) is 13.2 Å². The maximum Gasteiger partial charge on any atom is 0.242 e. The fourth-order valence-corrected chi connectivity index (χ4v) is 1.14. The third kappa shape index (κ3) is 2.71. The molecule has 0 atom stereocenters. The first kappa shape index (κ1) is 11.0. The van der Waals surface area contributed by atoms with Gasteiger partial charge in [0.2, 0.25) is 11.2 Å². The van der Waals surface area contributed by atoms with Gasteiger partial charge in [-0.05, 0) is 11.6 Å². The zero-order valence-corrected chi connectivity index (χ0v) is 8.61. The molecule has 1 N–H and O–H groups in total. The number of aromatic nitrogens is 2. The van der Waals surface area contributed by atoms with Crippen LogP contribution >= 0.6 is 11.6 Å². The van der Waals surface area contributed by atoms with Crippen molar-refractivity contribution in [3.8, 4) is 0 Å².